The topological polar surface area (TPSA) is 90.9 Å². The predicted octanol–water partition coefficient (Wildman–Crippen LogP) is 4.73. The highest BCUT2D eigenvalue weighted by atomic mass is 16.5. The van der Waals surface area contributed by atoms with Crippen molar-refractivity contribution in [3.05, 3.63) is 72.6 Å². The van der Waals surface area contributed by atoms with Gasteiger partial charge < -0.3 is 24.9 Å². The number of benzene rings is 2. The van der Waals surface area contributed by atoms with E-state index in [1.165, 1.54) is 5.56 Å². The summed E-state index contributed by atoms with van der Waals surface area (Å²) in [5, 5.41) is 2.86. The molecule has 2 aromatic heterocycles. The summed E-state index contributed by atoms with van der Waals surface area (Å²) in [7, 11) is 1.58. The minimum atomic E-state index is -0.237. The van der Waals surface area contributed by atoms with Gasteiger partial charge in [0.25, 0.3) is 5.91 Å². The Morgan fingerprint density at radius 3 is 2.59 bits per heavy atom. The molecule has 0 spiro atoms. The molecule has 7 heteroatoms. The van der Waals surface area contributed by atoms with Gasteiger partial charge in [0.15, 0.2) is 18.0 Å². The number of amides is 1. The molecule has 1 amide bonds. The van der Waals surface area contributed by atoms with Gasteiger partial charge in [-0.25, -0.2) is 4.98 Å². The van der Waals surface area contributed by atoms with E-state index in [0.717, 1.165) is 16.9 Å². The van der Waals surface area contributed by atoms with Gasteiger partial charge in [-0.05, 0) is 53.9 Å². The van der Waals surface area contributed by atoms with Crippen LogP contribution in [0.3, 0.4) is 0 Å². The molecule has 0 aliphatic heterocycles. The van der Waals surface area contributed by atoms with Gasteiger partial charge in [0.2, 0.25) is 0 Å². The Kier molecular flexibility index (Phi) is 5.98. The number of methoxy groups -OCH3 is 1. The zero-order chi connectivity index (χ0) is 22.7. The first-order valence-corrected chi connectivity index (χ1v) is 10.4. The lowest BCUT2D eigenvalue weighted by atomic mass is 10.0. The molecule has 0 bridgehead atoms. The van der Waals surface area contributed by atoms with Crippen LogP contribution in [0.2, 0.25) is 0 Å². The maximum absolute atomic E-state index is 12.4. The van der Waals surface area contributed by atoms with Crippen molar-refractivity contribution in [3.8, 4) is 22.8 Å². The number of anilines is 2. The largest absolute Gasteiger partial charge is 0.495 e. The van der Waals surface area contributed by atoms with Crippen molar-refractivity contribution in [2.45, 2.75) is 19.8 Å². The van der Waals surface area contributed by atoms with Gasteiger partial charge in [0.1, 0.15) is 5.75 Å². The number of aromatic nitrogens is 2. The maximum atomic E-state index is 12.4. The molecular formula is C25H26N4O3. The molecule has 7 nitrogen and oxygen atoms in total. The van der Waals surface area contributed by atoms with E-state index in [-0.39, 0.29) is 12.5 Å². The van der Waals surface area contributed by atoms with E-state index in [2.05, 4.69) is 24.1 Å². The van der Waals surface area contributed by atoms with Crippen LogP contribution >= 0.6 is 0 Å². The number of nitrogens with two attached hydrogens (primary N) is 1. The van der Waals surface area contributed by atoms with Gasteiger partial charge >= 0.3 is 0 Å². The number of imidazole rings is 1. The van der Waals surface area contributed by atoms with Gasteiger partial charge in [-0.3, -0.25) is 4.79 Å². The van der Waals surface area contributed by atoms with Crippen LogP contribution in [-0.2, 0) is 4.79 Å². The van der Waals surface area contributed by atoms with Crippen molar-refractivity contribution in [2.75, 3.05) is 24.8 Å². The third-order valence-corrected chi connectivity index (χ3v) is 5.19. The van der Waals surface area contributed by atoms with Gasteiger partial charge in [0.05, 0.1) is 18.5 Å². The molecule has 0 aliphatic rings. The van der Waals surface area contributed by atoms with Crippen LogP contribution in [0.15, 0.2) is 67.0 Å². The number of rotatable bonds is 7. The summed E-state index contributed by atoms with van der Waals surface area (Å²) in [6.45, 7) is 4.14. The third-order valence-electron chi connectivity index (χ3n) is 5.19. The van der Waals surface area contributed by atoms with Crippen LogP contribution in [0.1, 0.15) is 25.3 Å². The van der Waals surface area contributed by atoms with Crippen molar-refractivity contribution in [2.24, 2.45) is 0 Å². The fourth-order valence-corrected chi connectivity index (χ4v) is 3.42. The van der Waals surface area contributed by atoms with E-state index < -0.39 is 0 Å². The number of nitrogens with one attached hydrogen (secondary N) is 1. The molecule has 2 aromatic carbocycles. The molecule has 0 atom stereocenters. The number of carbonyl (C=O) groups excluding carboxylic acids is 1. The number of hydrogen-bond donors (Lipinski definition) is 2. The van der Waals surface area contributed by atoms with Crippen LogP contribution in [0.25, 0.3) is 16.9 Å². The van der Waals surface area contributed by atoms with Crippen molar-refractivity contribution in [1.29, 1.82) is 0 Å². The molecular weight excluding hydrogens is 404 g/mol. The lowest BCUT2D eigenvalue weighted by molar-refractivity contribution is -0.118. The quantitative estimate of drug-likeness (QED) is 0.414. The number of nitrogens with zero attached hydrogens (tertiary/aromatic N) is 2. The molecule has 4 aromatic rings. The SMILES string of the molecule is COc1ccc(-c2cn3cccc(OCC(=O)Nc4ccc(C(C)C)cc4)c3n2)cc1N. The molecule has 164 valence electrons. The third kappa shape index (κ3) is 4.51. The number of ether oxygens (including phenoxy) is 2. The lowest BCUT2D eigenvalue weighted by Gasteiger charge is -2.10. The van der Waals surface area contributed by atoms with Crippen LogP contribution in [0.5, 0.6) is 11.5 Å². The molecule has 0 unspecified atom stereocenters. The van der Waals surface area contributed by atoms with Crippen LogP contribution < -0.4 is 20.5 Å². The Labute approximate surface area is 186 Å². The monoisotopic (exact) mass is 430 g/mol. The zero-order valence-corrected chi connectivity index (χ0v) is 18.3. The first-order valence-electron chi connectivity index (χ1n) is 10.4. The highest BCUT2D eigenvalue weighted by Crippen LogP contribution is 2.29. The van der Waals surface area contributed by atoms with Crippen molar-refractivity contribution in [3.63, 3.8) is 0 Å². The molecule has 0 radical (unpaired) electrons. The first kappa shape index (κ1) is 21.2. The van der Waals surface area contributed by atoms with E-state index >= 15 is 0 Å². The van der Waals surface area contributed by atoms with Crippen molar-refractivity contribution in [1.82, 2.24) is 9.38 Å². The smallest absolute Gasteiger partial charge is 0.262 e. The fourth-order valence-electron chi connectivity index (χ4n) is 3.42. The second-order valence-electron chi connectivity index (χ2n) is 7.80. The maximum Gasteiger partial charge on any atom is 0.262 e. The highest BCUT2D eigenvalue weighted by Gasteiger charge is 2.12. The second kappa shape index (κ2) is 9.01. The predicted molar refractivity (Wildman–Crippen MR) is 126 cm³/mol. The number of fused-ring (bicyclic) bond motifs is 1. The van der Waals surface area contributed by atoms with E-state index in [4.69, 9.17) is 15.2 Å². The zero-order valence-electron chi connectivity index (χ0n) is 18.3. The summed E-state index contributed by atoms with van der Waals surface area (Å²) < 4.78 is 12.9. The molecule has 0 saturated carbocycles. The number of carbonyl (C=O) groups is 1. The van der Waals surface area contributed by atoms with E-state index in [9.17, 15) is 4.79 Å². The summed E-state index contributed by atoms with van der Waals surface area (Å²) in [4.78, 5) is 17.1. The van der Waals surface area contributed by atoms with Crippen molar-refractivity contribution >= 4 is 22.9 Å². The summed E-state index contributed by atoms with van der Waals surface area (Å²) in [5.41, 5.74) is 10.7. The first-order chi connectivity index (χ1) is 15.4. The van der Waals surface area contributed by atoms with Crippen LogP contribution in [-0.4, -0.2) is 29.0 Å². The molecule has 32 heavy (non-hydrogen) atoms. The lowest BCUT2D eigenvalue weighted by Crippen LogP contribution is -2.20. The standard InChI is InChI=1S/C25H26N4O3/c1-16(2)17-6-9-19(10-7-17)27-24(30)15-32-23-5-4-12-29-14-21(28-25(23)29)18-8-11-22(31-3)20(26)13-18/h4-14,16H,15,26H2,1-3H3,(H,27,30). The summed E-state index contributed by atoms with van der Waals surface area (Å²) >= 11 is 0. The second-order valence-corrected chi connectivity index (χ2v) is 7.80. The average molecular weight is 431 g/mol. The van der Waals surface area contributed by atoms with Gasteiger partial charge in [-0.2, -0.15) is 0 Å². The number of pyridine rings is 1. The molecule has 0 fully saturated rings. The number of nitrogen functional groups attached to an aromatic ring is 1. The Morgan fingerprint density at radius 1 is 1.12 bits per heavy atom. The summed E-state index contributed by atoms with van der Waals surface area (Å²) in [6.07, 6.45) is 3.77. The molecule has 2 heterocycles. The average Bonchev–Trinajstić information content (AvgIpc) is 3.23. The van der Waals surface area contributed by atoms with Gasteiger partial charge in [0, 0.05) is 23.6 Å². The normalized spacial score (nSPS) is 11.0. The van der Waals surface area contributed by atoms with E-state index in [1.807, 2.05) is 65.3 Å². The number of hydrogen-bond acceptors (Lipinski definition) is 5. The highest BCUT2D eigenvalue weighted by molar-refractivity contribution is 5.92. The molecule has 0 aliphatic carbocycles. The van der Waals surface area contributed by atoms with Crippen molar-refractivity contribution < 1.29 is 14.3 Å². The Bertz CT molecular complexity index is 1250. The van der Waals surface area contributed by atoms with E-state index in [0.29, 0.717) is 28.8 Å². The Hall–Kier alpha value is -4.00. The molecule has 4 rings (SSSR count). The summed E-state index contributed by atoms with van der Waals surface area (Å²) in [5.74, 6) is 1.34. The fraction of sp³-hybridized carbons (Fsp3) is 0.200. The van der Waals surface area contributed by atoms with E-state index in [1.54, 1.807) is 13.2 Å². The van der Waals surface area contributed by atoms with Gasteiger partial charge in [-0.15, -0.1) is 0 Å². The Balaban J connectivity index is 1.47. The Morgan fingerprint density at radius 2 is 1.91 bits per heavy atom. The minimum Gasteiger partial charge on any atom is -0.495 e. The molecule has 0 saturated heterocycles. The minimum absolute atomic E-state index is 0.122. The summed E-state index contributed by atoms with van der Waals surface area (Å²) in [6, 6.07) is 17.0. The van der Waals surface area contributed by atoms with Crippen LogP contribution in [0, 0.1) is 0 Å². The molecule has 3 N–H and O–H groups in total. The van der Waals surface area contributed by atoms with Gasteiger partial charge in [-0.1, -0.05) is 26.0 Å². The van der Waals surface area contributed by atoms with Crippen LogP contribution in [0.4, 0.5) is 11.4 Å².